The highest BCUT2D eigenvalue weighted by atomic mass is 32.2. The smallest absolute Gasteiger partial charge is 0.327 e. The number of carboxylic acid groups (broad SMARTS) is 1. The Bertz CT molecular complexity index is 1390. The highest BCUT2D eigenvalue weighted by molar-refractivity contribution is 8.14. The van der Waals surface area contributed by atoms with Gasteiger partial charge in [-0.25, -0.2) is 4.79 Å². The van der Waals surface area contributed by atoms with Crippen molar-refractivity contribution in [1.82, 2.24) is 20.9 Å². The van der Waals surface area contributed by atoms with Crippen molar-refractivity contribution in [2.45, 2.75) is 55.6 Å². The average Bonchev–Trinajstić information content (AvgIpc) is 3.32. The Morgan fingerprint density at radius 2 is 1.33 bits per heavy atom. The number of carbonyl (C=O) groups is 4. The Morgan fingerprint density at radius 3 is 1.80 bits per heavy atom. The van der Waals surface area contributed by atoms with Crippen molar-refractivity contribution in [2.75, 3.05) is 18.8 Å². The van der Waals surface area contributed by atoms with Gasteiger partial charge in [0.05, 0.1) is 11.2 Å². The van der Waals surface area contributed by atoms with Gasteiger partial charge in [-0.3, -0.25) is 14.4 Å². The minimum absolute atomic E-state index is 0.103. The quantitative estimate of drug-likeness (QED) is 0.162. The molecule has 5 rings (SSSR count). The van der Waals surface area contributed by atoms with Crippen LogP contribution in [0, 0.1) is 0 Å². The van der Waals surface area contributed by atoms with E-state index in [1.165, 1.54) is 34.7 Å². The van der Waals surface area contributed by atoms with Gasteiger partial charge in [0.1, 0.15) is 17.5 Å². The van der Waals surface area contributed by atoms with Crippen molar-refractivity contribution in [3.63, 3.8) is 0 Å². The third-order valence-corrected chi connectivity index (χ3v) is 10.4. The van der Waals surface area contributed by atoms with Gasteiger partial charge in [-0.05, 0) is 23.6 Å². The molecule has 0 bridgehead atoms. The first-order chi connectivity index (χ1) is 21.7. The highest BCUT2D eigenvalue weighted by Crippen LogP contribution is 2.52. The molecule has 3 unspecified atom stereocenters. The number of carboxylic acids is 1. The fraction of sp³-hybridized carbons (Fsp3) is 0.353. The van der Waals surface area contributed by atoms with Crippen LogP contribution in [-0.4, -0.2) is 74.0 Å². The third-order valence-electron chi connectivity index (χ3n) is 7.47. The standard InChI is InChI=1S/C18H20N2O5S2.C16H20N2/c1-10(21)26-9-18(2)14(17(24)25)20-15(23)13(16(20)27-18)19-12(22)8-11-6-4-3-5-7-11;1-3-7-15(8-4-1)13-17-11-12-18-14-16-9-5-2-6-10-16/h3-7,13-14,16H,8-9H2,1-2H3,(H,19,22)(H,24,25);1-10,17-18H,11-14H2/t13?,14?,16-,18?;/m0./s1. The van der Waals surface area contributed by atoms with Crippen LogP contribution in [0.2, 0.25) is 0 Å². The lowest BCUT2D eigenvalue weighted by Gasteiger charge is -2.43. The van der Waals surface area contributed by atoms with Gasteiger partial charge in [0.2, 0.25) is 11.8 Å². The van der Waals surface area contributed by atoms with E-state index in [0.717, 1.165) is 43.5 Å². The normalized spacial score (nSPS) is 21.6. The molecule has 2 heterocycles. The van der Waals surface area contributed by atoms with Gasteiger partial charge in [0.15, 0.2) is 5.12 Å². The van der Waals surface area contributed by atoms with Crippen LogP contribution in [0.15, 0.2) is 91.0 Å². The molecule has 0 saturated carbocycles. The van der Waals surface area contributed by atoms with Crippen molar-refractivity contribution < 1.29 is 24.3 Å². The predicted octanol–water partition coefficient (Wildman–Crippen LogP) is 3.69. The fourth-order valence-corrected chi connectivity index (χ4v) is 7.88. The van der Waals surface area contributed by atoms with Crippen molar-refractivity contribution in [1.29, 1.82) is 0 Å². The summed E-state index contributed by atoms with van der Waals surface area (Å²) in [5.41, 5.74) is 3.50. The topological polar surface area (TPSA) is 128 Å². The molecule has 2 fully saturated rings. The summed E-state index contributed by atoms with van der Waals surface area (Å²) < 4.78 is -0.804. The van der Waals surface area contributed by atoms with Gasteiger partial charge in [0, 0.05) is 38.9 Å². The lowest BCUT2D eigenvalue weighted by molar-refractivity contribution is -0.161. The minimum Gasteiger partial charge on any atom is -0.480 e. The zero-order valence-electron chi connectivity index (χ0n) is 25.5. The number of hydrogen-bond acceptors (Lipinski definition) is 8. The van der Waals surface area contributed by atoms with Crippen LogP contribution in [0.25, 0.3) is 0 Å². The number of amides is 2. The maximum atomic E-state index is 12.5. The van der Waals surface area contributed by atoms with Crippen LogP contribution in [0.4, 0.5) is 0 Å². The summed E-state index contributed by atoms with van der Waals surface area (Å²) >= 11 is 2.39. The molecule has 0 radical (unpaired) electrons. The number of nitrogens with zero attached hydrogens (tertiary/aromatic N) is 1. The number of rotatable bonds is 13. The predicted molar refractivity (Wildman–Crippen MR) is 180 cm³/mol. The number of thioether (sulfide) groups is 2. The van der Waals surface area contributed by atoms with Crippen LogP contribution >= 0.6 is 23.5 Å². The molecular weight excluding hydrogens is 609 g/mol. The molecule has 4 atom stereocenters. The van der Waals surface area contributed by atoms with E-state index < -0.39 is 34.1 Å². The van der Waals surface area contributed by atoms with Crippen LogP contribution in [0.3, 0.4) is 0 Å². The van der Waals surface area contributed by atoms with E-state index in [1.807, 2.05) is 42.5 Å². The van der Waals surface area contributed by atoms with Crippen molar-refractivity contribution in [3.05, 3.63) is 108 Å². The van der Waals surface area contributed by atoms with Gasteiger partial charge in [-0.2, -0.15) is 0 Å². The zero-order chi connectivity index (χ0) is 32.2. The third kappa shape index (κ3) is 9.67. The van der Waals surface area contributed by atoms with E-state index in [4.69, 9.17) is 0 Å². The average molecular weight is 649 g/mol. The largest absolute Gasteiger partial charge is 0.480 e. The summed E-state index contributed by atoms with van der Waals surface area (Å²) in [4.78, 5) is 49.2. The Morgan fingerprint density at radius 1 is 0.844 bits per heavy atom. The molecule has 2 saturated heterocycles. The molecule has 9 nitrogen and oxygen atoms in total. The Balaban J connectivity index is 0.000000222. The molecule has 3 aromatic carbocycles. The molecule has 238 valence electrons. The van der Waals surface area contributed by atoms with Crippen molar-refractivity contribution in [3.8, 4) is 0 Å². The van der Waals surface area contributed by atoms with Crippen LogP contribution in [0.5, 0.6) is 0 Å². The number of benzene rings is 3. The Kier molecular flexibility index (Phi) is 12.6. The van der Waals surface area contributed by atoms with Crippen molar-refractivity contribution >= 4 is 46.4 Å². The molecule has 45 heavy (non-hydrogen) atoms. The van der Waals surface area contributed by atoms with E-state index in [0.29, 0.717) is 0 Å². The Hall–Kier alpha value is -3.64. The maximum Gasteiger partial charge on any atom is 0.327 e. The SMILES string of the molecule is CC(=O)SCC1(C)S[C@H]2C(NC(=O)Cc3ccccc3)C(=O)N2C1C(=O)O.c1ccc(CNCCNCc2ccccc2)cc1. The number of β-lactam (4-membered cyclic amide) rings is 1. The molecule has 3 aromatic rings. The fourth-order valence-electron chi connectivity index (χ4n) is 5.23. The molecule has 0 aliphatic carbocycles. The number of fused-ring (bicyclic) bond motifs is 1. The number of nitrogens with one attached hydrogen (secondary N) is 3. The molecule has 2 amide bonds. The van der Waals surface area contributed by atoms with E-state index in [-0.39, 0.29) is 23.2 Å². The number of carbonyl (C=O) groups excluding carboxylic acids is 3. The van der Waals surface area contributed by atoms with Gasteiger partial charge in [0.25, 0.3) is 0 Å². The first-order valence-electron chi connectivity index (χ1n) is 14.9. The Labute approximate surface area is 272 Å². The molecule has 0 aromatic heterocycles. The van der Waals surface area contributed by atoms with Crippen LogP contribution < -0.4 is 16.0 Å². The van der Waals surface area contributed by atoms with Crippen LogP contribution in [0.1, 0.15) is 30.5 Å². The lowest BCUT2D eigenvalue weighted by atomic mass is 9.95. The molecule has 4 N–H and O–H groups in total. The maximum absolute atomic E-state index is 12.5. The van der Waals surface area contributed by atoms with E-state index >= 15 is 0 Å². The second-order valence-electron chi connectivity index (χ2n) is 11.1. The zero-order valence-corrected chi connectivity index (χ0v) is 27.1. The van der Waals surface area contributed by atoms with Crippen molar-refractivity contribution in [2.24, 2.45) is 0 Å². The summed E-state index contributed by atoms with van der Waals surface area (Å²) in [7, 11) is 0. The minimum atomic E-state index is -1.10. The summed E-state index contributed by atoms with van der Waals surface area (Å²) in [6.45, 7) is 7.03. The molecule has 0 spiro atoms. The summed E-state index contributed by atoms with van der Waals surface area (Å²) in [6.07, 6.45) is 0.155. The summed E-state index contributed by atoms with van der Waals surface area (Å²) in [5, 5.41) is 18.7. The van der Waals surface area contributed by atoms with E-state index in [1.54, 1.807) is 6.92 Å². The van der Waals surface area contributed by atoms with Gasteiger partial charge < -0.3 is 26.0 Å². The van der Waals surface area contributed by atoms with Gasteiger partial charge in [-0.1, -0.05) is 103 Å². The first-order valence-corrected chi connectivity index (χ1v) is 16.7. The second kappa shape index (κ2) is 16.6. The molecule has 2 aliphatic rings. The molecule has 11 heteroatoms. The monoisotopic (exact) mass is 648 g/mol. The summed E-state index contributed by atoms with van der Waals surface area (Å²) in [6, 6.07) is 28.4. The number of hydrogen-bond donors (Lipinski definition) is 4. The molecule has 2 aliphatic heterocycles. The summed E-state index contributed by atoms with van der Waals surface area (Å²) in [5.74, 6) is -1.48. The highest BCUT2D eigenvalue weighted by Gasteiger charge is 2.65. The van der Waals surface area contributed by atoms with E-state index in [2.05, 4.69) is 64.5 Å². The van der Waals surface area contributed by atoms with Gasteiger partial charge >= 0.3 is 5.97 Å². The molecular formula is C34H40N4O5S2. The number of aliphatic carboxylic acids is 1. The van der Waals surface area contributed by atoms with Gasteiger partial charge in [-0.15, -0.1) is 11.8 Å². The first kappa shape index (κ1) is 34.2. The van der Waals surface area contributed by atoms with Crippen LogP contribution in [-0.2, 0) is 38.7 Å². The second-order valence-corrected chi connectivity index (χ2v) is 13.9. The van der Waals surface area contributed by atoms with E-state index in [9.17, 15) is 24.3 Å². The lowest BCUT2D eigenvalue weighted by Crippen LogP contribution is -2.70.